The minimum absolute atomic E-state index is 0.0542. The monoisotopic (exact) mass is 379 g/mol. The highest BCUT2D eigenvalue weighted by Gasteiger charge is 2.22. The van der Waals surface area contributed by atoms with Gasteiger partial charge < -0.3 is 4.74 Å². The molecule has 1 N–H and O–H groups in total. The van der Waals surface area contributed by atoms with Gasteiger partial charge in [-0.2, -0.15) is 0 Å². The first-order valence-corrected chi connectivity index (χ1v) is 10.0. The van der Waals surface area contributed by atoms with Crippen LogP contribution in [0.1, 0.15) is 55.0 Å². The standard InChI is InChI=1S/C20H26FNO3S/c1-12(2)17-11-18(13(3)10-20(17)25-6)15(5)22-26(23,24)16-7-8-19(21)14(4)9-16/h7-12,15,22H,1-6H3/t15-/m0/s1. The molecule has 2 rings (SSSR count). The summed E-state index contributed by atoms with van der Waals surface area (Å²) in [4.78, 5) is 0.0542. The van der Waals surface area contributed by atoms with Crippen molar-refractivity contribution >= 4 is 10.0 Å². The summed E-state index contributed by atoms with van der Waals surface area (Å²) in [6.45, 7) is 9.39. The average molecular weight is 379 g/mol. The summed E-state index contributed by atoms with van der Waals surface area (Å²) in [7, 11) is -2.13. The number of hydrogen-bond acceptors (Lipinski definition) is 3. The van der Waals surface area contributed by atoms with Crippen molar-refractivity contribution < 1.29 is 17.5 Å². The van der Waals surface area contributed by atoms with Gasteiger partial charge in [0.2, 0.25) is 10.0 Å². The van der Waals surface area contributed by atoms with E-state index in [0.29, 0.717) is 5.56 Å². The Balaban J connectivity index is 2.38. The molecule has 0 aliphatic heterocycles. The average Bonchev–Trinajstić information content (AvgIpc) is 2.55. The second-order valence-electron chi connectivity index (χ2n) is 6.86. The number of nitrogens with one attached hydrogen (secondary N) is 1. The van der Waals surface area contributed by atoms with Crippen LogP contribution >= 0.6 is 0 Å². The first-order chi connectivity index (χ1) is 12.1. The van der Waals surface area contributed by atoms with E-state index >= 15 is 0 Å². The van der Waals surface area contributed by atoms with Gasteiger partial charge >= 0.3 is 0 Å². The van der Waals surface area contributed by atoms with Crippen molar-refractivity contribution in [3.63, 3.8) is 0 Å². The molecule has 0 fully saturated rings. The molecule has 0 aliphatic rings. The van der Waals surface area contributed by atoms with E-state index in [1.807, 2.05) is 19.1 Å². The predicted octanol–water partition coefficient (Wildman–Crippen LogP) is 4.61. The van der Waals surface area contributed by atoms with Crippen molar-refractivity contribution in [1.82, 2.24) is 4.72 Å². The Kier molecular flexibility index (Phi) is 6.09. The van der Waals surface area contributed by atoms with Gasteiger partial charge in [0.15, 0.2) is 0 Å². The lowest BCUT2D eigenvalue weighted by atomic mass is 9.94. The first-order valence-electron chi connectivity index (χ1n) is 8.53. The van der Waals surface area contributed by atoms with E-state index in [2.05, 4.69) is 18.6 Å². The third-order valence-electron chi connectivity index (χ3n) is 4.48. The fourth-order valence-corrected chi connectivity index (χ4v) is 4.27. The molecule has 2 aromatic rings. The van der Waals surface area contributed by atoms with Gasteiger partial charge in [-0.15, -0.1) is 0 Å². The Morgan fingerprint density at radius 2 is 1.65 bits per heavy atom. The van der Waals surface area contributed by atoms with Gasteiger partial charge in [-0.25, -0.2) is 17.5 Å². The Labute approximate surface area is 155 Å². The molecule has 0 heterocycles. The summed E-state index contributed by atoms with van der Waals surface area (Å²) in [5, 5.41) is 0. The quantitative estimate of drug-likeness (QED) is 0.797. The van der Waals surface area contributed by atoms with Gasteiger partial charge in [0.05, 0.1) is 12.0 Å². The van der Waals surface area contributed by atoms with Crippen molar-refractivity contribution in [1.29, 1.82) is 0 Å². The highest BCUT2D eigenvalue weighted by molar-refractivity contribution is 7.89. The molecule has 0 saturated carbocycles. The Bertz CT molecular complexity index is 908. The molecule has 0 aromatic heterocycles. The number of hydrogen-bond donors (Lipinski definition) is 1. The smallest absolute Gasteiger partial charge is 0.241 e. The van der Waals surface area contributed by atoms with Crippen molar-refractivity contribution in [2.24, 2.45) is 0 Å². The molecule has 26 heavy (non-hydrogen) atoms. The van der Waals surface area contributed by atoms with Crippen LogP contribution in [0, 0.1) is 19.7 Å². The number of aryl methyl sites for hydroxylation is 2. The molecule has 0 amide bonds. The minimum atomic E-state index is -3.76. The Morgan fingerprint density at radius 1 is 1.00 bits per heavy atom. The van der Waals surface area contributed by atoms with Crippen LogP contribution in [0.15, 0.2) is 35.2 Å². The molecule has 0 spiro atoms. The topological polar surface area (TPSA) is 55.4 Å². The zero-order valence-corrected chi connectivity index (χ0v) is 16.9. The maximum Gasteiger partial charge on any atom is 0.241 e. The first kappa shape index (κ1) is 20.4. The number of halogens is 1. The van der Waals surface area contributed by atoms with E-state index in [4.69, 9.17) is 4.74 Å². The van der Waals surface area contributed by atoms with Crippen LogP contribution in [0.2, 0.25) is 0 Å². The maximum atomic E-state index is 13.4. The third-order valence-corrected chi connectivity index (χ3v) is 6.02. The third kappa shape index (κ3) is 4.24. The molecule has 0 radical (unpaired) electrons. The van der Waals surface area contributed by atoms with Gasteiger partial charge in [-0.05, 0) is 79.3 Å². The van der Waals surface area contributed by atoms with Crippen LogP contribution in [-0.4, -0.2) is 15.5 Å². The maximum absolute atomic E-state index is 13.4. The second-order valence-corrected chi connectivity index (χ2v) is 8.57. The zero-order valence-electron chi connectivity index (χ0n) is 16.1. The van der Waals surface area contributed by atoms with Crippen molar-refractivity contribution in [2.45, 2.75) is 51.5 Å². The van der Waals surface area contributed by atoms with Gasteiger partial charge in [0.25, 0.3) is 0 Å². The van der Waals surface area contributed by atoms with E-state index in [1.54, 1.807) is 21.0 Å². The highest BCUT2D eigenvalue weighted by atomic mass is 32.2. The van der Waals surface area contributed by atoms with E-state index in [-0.39, 0.29) is 10.8 Å². The highest BCUT2D eigenvalue weighted by Crippen LogP contribution is 2.32. The minimum Gasteiger partial charge on any atom is -0.496 e. The van der Waals surface area contributed by atoms with Crippen LogP contribution in [0.5, 0.6) is 5.75 Å². The lowest BCUT2D eigenvalue weighted by molar-refractivity contribution is 0.406. The predicted molar refractivity (Wildman–Crippen MR) is 102 cm³/mol. The lowest BCUT2D eigenvalue weighted by Gasteiger charge is -2.21. The van der Waals surface area contributed by atoms with E-state index in [0.717, 1.165) is 22.4 Å². The van der Waals surface area contributed by atoms with Crippen molar-refractivity contribution in [3.05, 3.63) is 58.4 Å². The number of benzene rings is 2. The number of methoxy groups -OCH3 is 1. The summed E-state index contributed by atoms with van der Waals surface area (Å²) < 4.78 is 46.9. The Hall–Kier alpha value is -1.92. The summed E-state index contributed by atoms with van der Waals surface area (Å²) in [6.07, 6.45) is 0. The van der Waals surface area contributed by atoms with Crippen LogP contribution in [-0.2, 0) is 10.0 Å². The molecule has 0 aliphatic carbocycles. The largest absolute Gasteiger partial charge is 0.496 e. The molecule has 0 bridgehead atoms. The Morgan fingerprint density at radius 3 is 2.19 bits per heavy atom. The fraction of sp³-hybridized carbons (Fsp3) is 0.400. The molecular formula is C20H26FNO3S. The number of ether oxygens (including phenoxy) is 1. The summed E-state index contributed by atoms with van der Waals surface area (Å²) >= 11 is 0. The molecule has 2 aromatic carbocycles. The zero-order chi connectivity index (χ0) is 19.6. The number of sulfonamides is 1. The molecule has 6 heteroatoms. The van der Waals surface area contributed by atoms with E-state index < -0.39 is 21.9 Å². The van der Waals surface area contributed by atoms with Crippen molar-refractivity contribution in [2.75, 3.05) is 7.11 Å². The van der Waals surface area contributed by atoms with Crippen LogP contribution in [0.25, 0.3) is 0 Å². The molecule has 1 atom stereocenters. The van der Waals surface area contributed by atoms with Crippen LogP contribution in [0.4, 0.5) is 4.39 Å². The van der Waals surface area contributed by atoms with Gasteiger partial charge in [0, 0.05) is 6.04 Å². The molecule has 0 unspecified atom stereocenters. The molecular weight excluding hydrogens is 353 g/mol. The second kappa shape index (κ2) is 7.76. The van der Waals surface area contributed by atoms with Crippen molar-refractivity contribution in [3.8, 4) is 5.75 Å². The van der Waals surface area contributed by atoms with Gasteiger partial charge in [-0.3, -0.25) is 0 Å². The molecule has 0 saturated heterocycles. The van der Waals surface area contributed by atoms with Gasteiger partial charge in [-0.1, -0.05) is 13.8 Å². The van der Waals surface area contributed by atoms with E-state index in [1.165, 1.54) is 18.2 Å². The summed E-state index contributed by atoms with van der Waals surface area (Å²) in [5.74, 6) is 0.614. The normalized spacial score (nSPS) is 13.1. The van der Waals surface area contributed by atoms with Crippen LogP contribution < -0.4 is 9.46 Å². The molecule has 142 valence electrons. The summed E-state index contributed by atoms with van der Waals surface area (Å²) in [5.41, 5.74) is 3.15. The van der Waals surface area contributed by atoms with Crippen LogP contribution in [0.3, 0.4) is 0 Å². The SMILES string of the molecule is COc1cc(C)c([C@H](C)NS(=O)(=O)c2ccc(F)c(C)c2)cc1C(C)C. The summed E-state index contributed by atoms with van der Waals surface area (Å²) in [6, 6.07) is 7.26. The molecule has 4 nitrogen and oxygen atoms in total. The van der Waals surface area contributed by atoms with Gasteiger partial charge in [0.1, 0.15) is 11.6 Å². The fourth-order valence-electron chi connectivity index (χ4n) is 2.96. The van der Waals surface area contributed by atoms with E-state index in [9.17, 15) is 12.8 Å². The lowest BCUT2D eigenvalue weighted by Crippen LogP contribution is -2.27. The number of rotatable bonds is 6.